The Labute approximate surface area is 131 Å². The smallest absolute Gasteiger partial charge is 0.253 e. The standard InChI is InChI=1S/C15H22N2O4S/c1-2-3-10-16-22(19,20)13-8-6-12(7-9-13)17-15(18)14-5-4-11-21-14/h6-9,14,16H,2-5,10-11H2,1H3,(H,17,18)/t14-/m0/s1. The molecular weight excluding hydrogens is 304 g/mol. The van der Waals surface area contributed by atoms with E-state index in [2.05, 4.69) is 10.0 Å². The van der Waals surface area contributed by atoms with Crippen LogP contribution in [0, 0.1) is 0 Å². The summed E-state index contributed by atoms with van der Waals surface area (Å²) in [5.41, 5.74) is 0.563. The first-order chi connectivity index (χ1) is 10.5. The summed E-state index contributed by atoms with van der Waals surface area (Å²) in [4.78, 5) is 12.1. The lowest BCUT2D eigenvalue weighted by Crippen LogP contribution is -2.27. The van der Waals surface area contributed by atoms with Gasteiger partial charge in [0.15, 0.2) is 0 Å². The number of ether oxygens (including phenoxy) is 1. The molecule has 0 unspecified atom stereocenters. The van der Waals surface area contributed by atoms with Gasteiger partial charge >= 0.3 is 0 Å². The van der Waals surface area contributed by atoms with Gasteiger partial charge in [-0.25, -0.2) is 13.1 Å². The Morgan fingerprint density at radius 3 is 2.64 bits per heavy atom. The molecule has 0 spiro atoms. The maximum absolute atomic E-state index is 12.0. The summed E-state index contributed by atoms with van der Waals surface area (Å²) in [6.07, 6.45) is 2.93. The molecule has 1 aromatic carbocycles. The van der Waals surface area contributed by atoms with E-state index in [4.69, 9.17) is 4.74 Å². The number of carbonyl (C=O) groups excluding carboxylic acids is 1. The Kier molecular flexibility index (Phi) is 5.93. The monoisotopic (exact) mass is 326 g/mol. The van der Waals surface area contributed by atoms with Crippen LogP contribution in [0.2, 0.25) is 0 Å². The van der Waals surface area contributed by atoms with Crippen LogP contribution >= 0.6 is 0 Å². The van der Waals surface area contributed by atoms with Crippen molar-refractivity contribution < 1.29 is 17.9 Å². The second-order valence-electron chi connectivity index (χ2n) is 5.27. The van der Waals surface area contributed by atoms with Gasteiger partial charge in [0.05, 0.1) is 4.90 Å². The zero-order valence-electron chi connectivity index (χ0n) is 12.7. The molecule has 2 rings (SSSR count). The molecule has 0 aromatic heterocycles. The van der Waals surface area contributed by atoms with Crippen molar-refractivity contribution in [3.63, 3.8) is 0 Å². The van der Waals surface area contributed by atoms with Gasteiger partial charge in [-0.05, 0) is 43.5 Å². The summed E-state index contributed by atoms with van der Waals surface area (Å²) in [6, 6.07) is 6.14. The van der Waals surface area contributed by atoms with Crippen molar-refractivity contribution in [3.05, 3.63) is 24.3 Å². The van der Waals surface area contributed by atoms with E-state index in [0.29, 0.717) is 18.8 Å². The molecule has 0 bridgehead atoms. The molecule has 2 N–H and O–H groups in total. The van der Waals surface area contributed by atoms with Crippen LogP contribution in [0.4, 0.5) is 5.69 Å². The molecule has 1 saturated heterocycles. The molecule has 0 saturated carbocycles. The molecule has 1 aliphatic rings. The third-order valence-corrected chi connectivity index (χ3v) is 4.95. The van der Waals surface area contributed by atoms with Crippen molar-refractivity contribution in [3.8, 4) is 0 Å². The summed E-state index contributed by atoms with van der Waals surface area (Å²) in [6.45, 7) is 3.04. The largest absolute Gasteiger partial charge is 0.368 e. The predicted octanol–water partition coefficient (Wildman–Crippen LogP) is 1.88. The quantitative estimate of drug-likeness (QED) is 0.749. The van der Waals surface area contributed by atoms with Gasteiger partial charge in [-0.2, -0.15) is 0 Å². The van der Waals surface area contributed by atoms with Crippen LogP contribution in [-0.2, 0) is 19.6 Å². The maximum atomic E-state index is 12.0. The fourth-order valence-corrected chi connectivity index (χ4v) is 3.27. The second kappa shape index (κ2) is 7.71. The molecule has 6 nitrogen and oxygen atoms in total. The second-order valence-corrected chi connectivity index (χ2v) is 7.03. The van der Waals surface area contributed by atoms with Crippen LogP contribution in [0.3, 0.4) is 0 Å². The van der Waals surface area contributed by atoms with Crippen molar-refractivity contribution in [1.29, 1.82) is 0 Å². The maximum Gasteiger partial charge on any atom is 0.253 e. The molecular formula is C15H22N2O4S. The summed E-state index contributed by atoms with van der Waals surface area (Å²) in [5, 5.41) is 2.74. The SMILES string of the molecule is CCCCNS(=O)(=O)c1ccc(NC(=O)[C@@H]2CCCO2)cc1. The Hall–Kier alpha value is -1.44. The number of anilines is 1. The average molecular weight is 326 g/mol. The predicted molar refractivity (Wildman–Crippen MR) is 84.1 cm³/mol. The van der Waals surface area contributed by atoms with Crippen molar-refractivity contribution in [2.75, 3.05) is 18.5 Å². The Morgan fingerprint density at radius 1 is 1.32 bits per heavy atom. The molecule has 1 heterocycles. The molecule has 122 valence electrons. The zero-order valence-corrected chi connectivity index (χ0v) is 13.5. The lowest BCUT2D eigenvalue weighted by atomic mass is 10.2. The molecule has 1 atom stereocenters. The topological polar surface area (TPSA) is 84.5 Å². The van der Waals surface area contributed by atoms with Crippen LogP contribution < -0.4 is 10.0 Å². The van der Waals surface area contributed by atoms with Crippen LogP contribution in [-0.4, -0.2) is 33.6 Å². The third kappa shape index (κ3) is 4.53. The van der Waals surface area contributed by atoms with Crippen LogP contribution in [0.1, 0.15) is 32.6 Å². The zero-order chi connectivity index (χ0) is 16.0. The number of nitrogens with one attached hydrogen (secondary N) is 2. The highest BCUT2D eigenvalue weighted by molar-refractivity contribution is 7.89. The summed E-state index contributed by atoms with van der Waals surface area (Å²) in [5.74, 6) is -0.186. The molecule has 1 fully saturated rings. The van der Waals surface area contributed by atoms with E-state index in [1.807, 2.05) is 6.92 Å². The number of benzene rings is 1. The van der Waals surface area contributed by atoms with Crippen molar-refractivity contribution in [2.45, 2.75) is 43.6 Å². The molecule has 0 aliphatic carbocycles. The van der Waals surface area contributed by atoms with Gasteiger partial charge in [-0.3, -0.25) is 4.79 Å². The highest BCUT2D eigenvalue weighted by Gasteiger charge is 2.23. The number of sulfonamides is 1. The normalized spacial score (nSPS) is 18.3. The van der Waals surface area contributed by atoms with Gasteiger partial charge in [0, 0.05) is 18.8 Å². The van der Waals surface area contributed by atoms with Crippen molar-refractivity contribution in [2.24, 2.45) is 0 Å². The summed E-state index contributed by atoms with van der Waals surface area (Å²) >= 11 is 0. The van der Waals surface area contributed by atoms with E-state index in [1.165, 1.54) is 12.1 Å². The van der Waals surface area contributed by atoms with Crippen LogP contribution in [0.25, 0.3) is 0 Å². The highest BCUT2D eigenvalue weighted by atomic mass is 32.2. The van der Waals surface area contributed by atoms with E-state index in [0.717, 1.165) is 25.7 Å². The van der Waals surface area contributed by atoms with Crippen LogP contribution in [0.15, 0.2) is 29.2 Å². The number of carbonyl (C=O) groups is 1. The fourth-order valence-electron chi connectivity index (χ4n) is 2.19. The Balaban J connectivity index is 1.96. The molecule has 1 aromatic rings. The minimum Gasteiger partial charge on any atom is -0.368 e. The number of unbranched alkanes of at least 4 members (excludes halogenated alkanes) is 1. The Bertz CT molecular complexity index is 592. The minimum atomic E-state index is -3.48. The first-order valence-corrected chi connectivity index (χ1v) is 9.03. The van der Waals surface area contributed by atoms with Gasteiger partial charge < -0.3 is 10.1 Å². The minimum absolute atomic E-state index is 0.186. The lowest BCUT2D eigenvalue weighted by molar-refractivity contribution is -0.124. The van der Waals surface area contributed by atoms with Gasteiger partial charge in [0.25, 0.3) is 5.91 Å². The van der Waals surface area contributed by atoms with E-state index in [9.17, 15) is 13.2 Å². The van der Waals surface area contributed by atoms with Gasteiger partial charge in [0.2, 0.25) is 10.0 Å². The van der Waals surface area contributed by atoms with Gasteiger partial charge in [0.1, 0.15) is 6.10 Å². The Morgan fingerprint density at radius 2 is 2.05 bits per heavy atom. The van der Waals surface area contributed by atoms with E-state index >= 15 is 0 Å². The van der Waals surface area contributed by atoms with Gasteiger partial charge in [-0.1, -0.05) is 13.3 Å². The number of amides is 1. The molecule has 0 radical (unpaired) electrons. The number of hydrogen-bond donors (Lipinski definition) is 2. The summed E-state index contributed by atoms with van der Waals surface area (Å²) in [7, 11) is -3.48. The van der Waals surface area contributed by atoms with Crippen LogP contribution in [0.5, 0.6) is 0 Å². The van der Waals surface area contributed by atoms with E-state index in [1.54, 1.807) is 12.1 Å². The first kappa shape index (κ1) is 16.9. The fraction of sp³-hybridized carbons (Fsp3) is 0.533. The van der Waals surface area contributed by atoms with Gasteiger partial charge in [-0.15, -0.1) is 0 Å². The number of rotatable bonds is 7. The van der Waals surface area contributed by atoms with E-state index in [-0.39, 0.29) is 10.8 Å². The summed E-state index contributed by atoms with van der Waals surface area (Å²) < 4.78 is 31.9. The van der Waals surface area contributed by atoms with Crippen molar-refractivity contribution >= 4 is 21.6 Å². The lowest BCUT2D eigenvalue weighted by Gasteiger charge is -2.11. The molecule has 1 amide bonds. The average Bonchev–Trinajstić information content (AvgIpc) is 3.02. The molecule has 7 heteroatoms. The molecule has 22 heavy (non-hydrogen) atoms. The van der Waals surface area contributed by atoms with E-state index < -0.39 is 16.1 Å². The van der Waals surface area contributed by atoms with Crippen molar-refractivity contribution in [1.82, 2.24) is 4.72 Å². The molecule has 1 aliphatic heterocycles. The highest BCUT2D eigenvalue weighted by Crippen LogP contribution is 2.17. The third-order valence-electron chi connectivity index (χ3n) is 3.48. The first-order valence-electron chi connectivity index (χ1n) is 7.55. The number of hydrogen-bond acceptors (Lipinski definition) is 4.